The molecule has 57 valence electrons. The smallest absolute Gasteiger partial charge is 0.0720 e. The van der Waals surface area contributed by atoms with Gasteiger partial charge < -0.3 is 4.74 Å². The first-order chi connectivity index (χ1) is 5.45. The SMILES string of the molecule is [c]1ccc(COC2CC2)cc1. The zero-order chi connectivity index (χ0) is 7.52. The van der Waals surface area contributed by atoms with Gasteiger partial charge in [0.15, 0.2) is 0 Å². The maximum absolute atomic E-state index is 5.53. The van der Waals surface area contributed by atoms with Crippen molar-refractivity contribution in [1.82, 2.24) is 0 Å². The summed E-state index contributed by atoms with van der Waals surface area (Å²) in [5.74, 6) is 0. The monoisotopic (exact) mass is 147 g/mol. The summed E-state index contributed by atoms with van der Waals surface area (Å²) >= 11 is 0. The molecule has 1 aromatic rings. The van der Waals surface area contributed by atoms with E-state index in [4.69, 9.17) is 4.74 Å². The minimum atomic E-state index is 0.555. The van der Waals surface area contributed by atoms with Gasteiger partial charge in [0.2, 0.25) is 0 Å². The number of hydrogen-bond acceptors (Lipinski definition) is 1. The van der Waals surface area contributed by atoms with Crippen molar-refractivity contribution in [3.63, 3.8) is 0 Å². The zero-order valence-electron chi connectivity index (χ0n) is 6.42. The van der Waals surface area contributed by atoms with Crippen molar-refractivity contribution in [2.24, 2.45) is 0 Å². The molecule has 0 aromatic heterocycles. The van der Waals surface area contributed by atoms with Crippen molar-refractivity contribution >= 4 is 0 Å². The minimum absolute atomic E-state index is 0.555. The van der Waals surface area contributed by atoms with Crippen LogP contribution in [0.5, 0.6) is 0 Å². The molecule has 1 aliphatic rings. The van der Waals surface area contributed by atoms with Gasteiger partial charge in [0, 0.05) is 0 Å². The van der Waals surface area contributed by atoms with Crippen LogP contribution >= 0.6 is 0 Å². The molecule has 0 aliphatic heterocycles. The quantitative estimate of drug-likeness (QED) is 0.636. The van der Waals surface area contributed by atoms with Gasteiger partial charge in [-0.2, -0.15) is 0 Å². The Balaban J connectivity index is 1.85. The van der Waals surface area contributed by atoms with Gasteiger partial charge in [-0.3, -0.25) is 0 Å². The lowest BCUT2D eigenvalue weighted by Crippen LogP contribution is -1.93. The Morgan fingerprint density at radius 1 is 1.36 bits per heavy atom. The molecule has 0 heterocycles. The molecule has 11 heavy (non-hydrogen) atoms. The van der Waals surface area contributed by atoms with E-state index in [0.717, 1.165) is 6.61 Å². The van der Waals surface area contributed by atoms with Gasteiger partial charge in [0.05, 0.1) is 12.7 Å². The van der Waals surface area contributed by atoms with Crippen molar-refractivity contribution < 1.29 is 4.74 Å². The Labute approximate surface area is 67.0 Å². The third-order valence-corrected chi connectivity index (χ3v) is 1.80. The molecule has 0 amide bonds. The van der Waals surface area contributed by atoms with E-state index in [1.165, 1.54) is 18.4 Å². The maximum atomic E-state index is 5.53. The highest BCUT2D eigenvalue weighted by molar-refractivity contribution is 5.12. The Morgan fingerprint density at radius 3 is 2.73 bits per heavy atom. The van der Waals surface area contributed by atoms with Crippen LogP contribution in [0.15, 0.2) is 24.3 Å². The molecule has 1 aromatic carbocycles. The summed E-state index contributed by atoms with van der Waals surface area (Å²) in [4.78, 5) is 0. The van der Waals surface area contributed by atoms with E-state index in [0.29, 0.717) is 6.10 Å². The summed E-state index contributed by atoms with van der Waals surface area (Å²) in [5, 5.41) is 0. The average molecular weight is 147 g/mol. The number of rotatable bonds is 3. The summed E-state index contributed by atoms with van der Waals surface area (Å²) in [5.41, 5.74) is 1.25. The van der Waals surface area contributed by atoms with E-state index in [-0.39, 0.29) is 0 Å². The van der Waals surface area contributed by atoms with E-state index >= 15 is 0 Å². The zero-order valence-corrected chi connectivity index (χ0v) is 6.42. The molecule has 1 heteroatoms. The topological polar surface area (TPSA) is 9.23 Å². The first-order valence-electron chi connectivity index (χ1n) is 4.02. The Morgan fingerprint density at radius 2 is 2.09 bits per heavy atom. The third-order valence-electron chi connectivity index (χ3n) is 1.80. The molecule has 1 nitrogen and oxygen atoms in total. The lowest BCUT2D eigenvalue weighted by Gasteiger charge is -2.00. The van der Waals surface area contributed by atoms with E-state index in [2.05, 4.69) is 6.07 Å². The summed E-state index contributed by atoms with van der Waals surface area (Å²) < 4.78 is 5.53. The molecule has 1 saturated carbocycles. The number of hydrogen-bond donors (Lipinski definition) is 0. The summed E-state index contributed by atoms with van der Waals surface area (Å²) in [6, 6.07) is 10.9. The second-order valence-corrected chi connectivity index (χ2v) is 2.92. The standard InChI is InChI=1S/C10H11O/c1-2-4-9(5-3-1)8-11-10-6-7-10/h2-5,10H,6-8H2. The van der Waals surface area contributed by atoms with Gasteiger partial charge in [-0.1, -0.05) is 24.3 Å². The Hall–Kier alpha value is -0.820. The second-order valence-electron chi connectivity index (χ2n) is 2.92. The van der Waals surface area contributed by atoms with Gasteiger partial charge in [-0.25, -0.2) is 0 Å². The second kappa shape index (κ2) is 3.05. The molecule has 1 fully saturated rings. The molecule has 0 N–H and O–H groups in total. The predicted molar refractivity (Wildman–Crippen MR) is 43.1 cm³/mol. The van der Waals surface area contributed by atoms with Gasteiger partial charge >= 0.3 is 0 Å². The van der Waals surface area contributed by atoms with Crippen LogP contribution in [0, 0.1) is 6.07 Å². The highest BCUT2D eigenvalue weighted by atomic mass is 16.5. The van der Waals surface area contributed by atoms with E-state index < -0.39 is 0 Å². The molecule has 1 radical (unpaired) electrons. The van der Waals surface area contributed by atoms with Crippen LogP contribution in [0.1, 0.15) is 18.4 Å². The summed E-state index contributed by atoms with van der Waals surface area (Å²) in [6.07, 6.45) is 3.05. The van der Waals surface area contributed by atoms with Crippen molar-refractivity contribution in [3.8, 4) is 0 Å². The van der Waals surface area contributed by atoms with E-state index in [9.17, 15) is 0 Å². The predicted octanol–water partition coefficient (Wildman–Crippen LogP) is 2.17. The van der Waals surface area contributed by atoms with Crippen LogP contribution in [-0.4, -0.2) is 6.10 Å². The lowest BCUT2D eigenvalue weighted by atomic mass is 10.2. The maximum Gasteiger partial charge on any atom is 0.0720 e. The van der Waals surface area contributed by atoms with Crippen LogP contribution in [0.4, 0.5) is 0 Å². The molecule has 0 bridgehead atoms. The van der Waals surface area contributed by atoms with Crippen LogP contribution < -0.4 is 0 Å². The highest BCUT2D eigenvalue weighted by Gasteiger charge is 2.21. The molecule has 2 rings (SSSR count). The van der Waals surface area contributed by atoms with Crippen molar-refractivity contribution in [2.75, 3.05) is 0 Å². The van der Waals surface area contributed by atoms with Gasteiger partial charge in [0.1, 0.15) is 0 Å². The molecule has 0 saturated heterocycles. The third kappa shape index (κ3) is 2.05. The van der Waals surface area contributed by atoms with Crippen LogP contribution in [-0.2, 0) is 11.3 Å². The van der Waals surface area contributed by atoms with Crippen LogP contribution in [0.2, 0.25) is 0 Å². The number of benzene rings is 1. The first-order valence-corrected chi connectivity index (χ1v) is 4.02. The fourth-order valence-electron chi connectivity index (χ4n) is 0.966. The summed E-state index contributed by atoms with van der Waals surface area (Å²) in [6.45, 7) is 0.763. The van der Waals surface area contributed by atoms with Gasteiger partial charge in [0.25, 0.3) is 0 Å². The molecule has 1 aliphatic carbocycles. The van der Waals surface area contributed by atoms with Gasteiger partial charge in [-0.15, -0.1) is 0 Å². The normalized spacial score (nSPS) is 16.7. The lowest BCUT2D eigenvalue weighted by molar-refractivity contribution is 0.106. The largest absolute Gasteiger partial charge is 0.374 e. The fraction of sp³-hybridized carbons (Fsp3) is 0.400. The molecule has 0 atom stereocenters. The molecule has 0 unspecified atom stereocenters. The van der Waals surface area contributed by atoms with Crippen molar-refractivity contribution in [3.05, 3.63) is 35.9 Å². The Kier molecular flexibility index (Phi) is 1.91. The molecular weight excluding hydrogens is 136 g/mol. The van der Waals surface area contributed by atoms with E-state index in [1.807, 2.05) is 24.3 Å². The Bertz CT molecular complexity index is 214. The fourth-order valence-corrected chi connectivity index (χ4v) is 0.966. The average Bonchev–Trinajstić information content (AvgIpc) is 2.86. The highest BCUT2D eigenvalue weighted by Crippen LogP contribution is 2.24. The van der Waals surface area contributed by atoms with Crippen LogP contribution in [0.25, 0.3) is 0 Å². The van der Waals surface area contributed by atoms with Gasteiger partial charge in [-0.05, 0) is 24.5 Å². The minimum Gasteiger partial charge on any atom is -0.374 e. The first kappa shape index (κ1) is 6.86. The molecule has 0 spiro atoms. The summed E-state index contributed by atoms with van der Waals surface area (Å²) in [7, 11) is 0. The molecular formula is C10H11O. The number of ether oxygens (including phenoxy) is 1. The van der Waals surface area contributed by atoms with Crippen molar-refractivity contribution in [2.45, 2.75) is 25.6 Å². The van der Waals surface area contributed by atoms with Crippen molar-refractivity contribution in [1.29, 1.82) is 0 Å². The van der Waals surface area contributed by atoms with E-state index in [1.54, 1.807) is 0 Å². The van der Waals surface area contributed by atoms with Crippen LogP contribution in [0.3, 0.4) is 0 Å².